The molecule has 24 heavy (non-hydrogen) atoms. The predicted molar refractivity (Wildman–Crippen MR) is 99.6 cm³/mol. The van der Waals surface area contributed by atoms with Gasteiger partial charge in [-0.2, -0.15) is 5.10 Å². The molecule has 0 bridgehead atoms. The standard InChI is InChI=1S/C17H18BrClN4O/c1-11-2-3-12(7-14(11)18)6-13(10-24)8-20-16-4-5-23-17(22-16)15(19)9-21-23/h2-5,7,9,13,24H,6,8,10H2,1H3,(H,20,22). The molecule has 0 radical (unpaired) electrons. The van der Waals surface area contributed by atoms with Crippen molar-refractivity contribution in [1.29, 1.82) is 0 Å². The van der Waals surface area contributed by atoms with Crippen LogP contribution < -0.4 is 5.32 Å². The van der Waals surface area contributed by atoms with Crippen molar-refractivity contribution in [1.82, 2.24) is 14.6 Å². The number of aliphatic hydroxyl groups is 1. The second-order valence-corrected chi connectivity index (χ2v) is 7.05. The number of fused-ring (bicyclic) bond motifs is 1. The lowest BCUT2D eigenvalue weighted by Crippen LogP contribution is -2.21. The van der Waals surface area contributed by atoms with Crippen LogP contribution in [0.5, 0.6) is 0 Å². The summed E-state index contributed by atoms with van der Waals surface area (Å²) in [5, 5.41) is 17.5. The molecule has 2 N–H and O–H groups in total. The Morgan fingerprint density at radius 2 is 2.21 bits per heavy atom. The number of aromatic nitrogens is 3. The first-order valence-corrected chi connectivity index (χ1v) is 8.83. The average Bonchev–Trinajstić information content (AvgIpc) is 2.95. The van der Waals surface area contributed by atoms with Gasteiger partial charge in [0.1, 0.15) is 10.8 Å². The molecule has 5 nitrogen and oxygen atoms in total. The molecule has 0 amide bonds. The summed E-state index contributed by atoms with van der Waals surface area (Å²) < 4.78 is 2.72. The minimum Gasteiger partial charge on any atom is -0.396 e. The van der Waals surface area contributed by atoms with Crippen LogP contribution in [0.2, 0.25) is 5.02 Å². The fraction of sp³-hybridized carbons (Fsp3) is 0.294. The molecule has 0 aliphatic heterocycles. The zero-order chi connectivity index (χ0) is 17.1. The Bertz CT molecular complexity index is 852. The number of nitrogens with zero attached hydrogens (tertiary/aromatic N) is 3. The lowest BCUT2D eigenvalue weighted by atomic mass is 9.99. The van der Waals surface area contributed by atoms with Crippen molar-refractivity contribution in [3.63, 3.8) is 0 Å². The Kier molecular flexibility index (Phi) is 5.38. The highest BCUT2D eigenvalue weighted by molar-refractivity contribution is 9.10. The number of anilines is 1. The predicted octanol–water partition coefficient (Wildman–Crippen LogP) is 3.72. The average molecular weight is 410 g/mol. The highest BCUT2D eigenvalue weighted by atomic mass is 79.9. The monoisotopic (exact) mass is 408 g/mol. The molecule has 0 aliphatic rings. The molecule has 1 aromatic carbocycles. The molecular formula is C17H18BrClN4O. The summed E-state index contributed by atoms with van der Waals surface area (Å²) in [6.45, 7) is 2.79. The lowest BCUT2D eigenvalue weighted by Gasteiger charge is -2.16. The minimum absolute atomic E-state index is 0.0954. The van der Waals surface area contributed by atoms with Crippen LogP contribution in [-0.2, 0) is 6.42 Å². The van der Waals surface area contributed by atoms with Crippen molar-refractivity contribution in [3.8, 4) is 0 Å². The summed E-state index contributed by atoms with van der Waals surface area (Å²) >= 11 is 9.60. The number of benzene rings is 1. The number of rotatable bonds is 6. The summed E-state index contributed by atoms with van der Waals surface area (Å²) in [5.41, 5.74) is 3.01. The third-order valence-electron chi connectivity index (χ3n) is 3.92. The number of nitrogens with one attached hydrogen (secondary N) is 1. The summed E-state index contributed by atoms with van der Waals surface area (Å²) in [6.07, 6.45) is 4.17. The number of aryl methyl sites for hydroxylation is 1. The van der Waals surface area contributed by atoms with Crippen molar-refractivity contribution in [3.05, 3.63) is 57.3 Å². The highest BCUT2D eigenvalue weighted by Crippen LogP contribution is 2.20. The van der Waals surface area contributed by atoms with Gasteiger partial charge < -0.3 is 10.4 Å². The number of halogens is 2. The Balaban J connectivity index is 1.66. The van der Waals surface area contributed by atoms with E-state index in [1.54, 1.807) is 10.7 Å². The van der Waals surface area contributed by atoms with Crippen molar-refractivity contribution in [2.24, 2.45) is 5.92 Å². The van der Waals surface area contributed by atoms with Crippen LogP contribution in [0.1, 0.15) is 11.1 Å². The SMILES string of the molecule is Cc1ccc(CC(CO)CNc2ccn3ncc(Cl)c3n2)cc1Br. The van der Waals surface area contributed by atoms with Crippen LogP contribution >= 0.6 is 27.5 Å². The molecule has 3 aromatic rings. The normalized spacial score (nSPS) is 12.5. The molecule has 2 heterocycles. The number of aliphatic hydroxyl groups excluding tert-OH is 1. The maximum Gasteiger partial charge on any atom is 0.175 e. The summed E-state index contributed by atoms with van der Waals surface area (Å²) in [7, 11) is 0. The van der Waals surface area contributed by atoms with E-state index in [0.29, 0.717) is 23.0 Å². The van der Waals surface area contributed by atoms with Gasteiger partial charge in [0.25, 0.3) is 0 Å². The molecule has 1 unspecified atom stereocenters. The first-order valence-electron chi connectivity index (χ1n) is 7.66. The molecular weight excluding hydrogens is 392 g/mol. The molecule has 0 saturated carbocycles. The van der Waals surface area contributed by atoms with Gasteiger partial charge in [-0.3, -0.25) is 0 Å². The van der Waals surface area contributed by atoms with Crippen LogP contribution in [0.25, 0.3) is 5.65 Å². The van der Waals surface area contributed by atoms with Crippen LogP contribution in [0.15, 0.2) is 41.1 Å². The van der Waals surface area contributed by atoms with E-state index in [1.165, 1.54) is 11.1 Å². The van der Waals surface area contributed by atoms with Gasteiger partial charge in [0, 0.05) is 29.7 Å². The summed E-state index contributed by atoms with van der Waals surface area (Å²) in [6, 6.07) is 8.12. The maximum absolute atomic E-state index is 9.66. The van der Waals surface area contributed by atoms with Crippen molar-refractivity contribution in [2.75, 3.05) is 18.5 Å². The smallest absolute Gasteiger partial charge is 0.175 e. The van der Waals surface area contributed by atoms with Gasteiger partial charge in [-0.25, -0.2) is 9.50 Å². The van der Waals surface area contributed by atoms with E-state index in [0.717, 1.165) is 10.9 Å². The van der Waals surface area contributed by atoms with Gasteiger partial charge >= 0.3 is 0 Å². The van der Waals surface area contributed by atoms with Crippen molar-refractivity contribution >= 4 is 39.0 Å². The lowest BCUT2D eigenvalue weighted by molar-refractivity contribution is 0.232. The van der Waals surface area contributed by atoms with E-state index in [1.807, 2.05) is 12.3 Å². The Morgan fingerprint density at radius 1 is 1.38 bits per heavy atom. The number of hydrogen-bond acceptors (Lipinski definition) is 4. The molecule has 0 fully saturated rings. The largest absolute Gasteiger partial charge is 0.396 e. The third-order valence-corrected chi connectivity index (χ3v) is 5.04. The first kappa shape index (κ1) is 17.2. The topological polar surface area (TPSA) is 62.5 Å². The van der Waals surface area contributed by atoms with E-state index in [9.17, 15) is 5.11 Å². The Labute approximate surface area is 153 Å². The van der Waals surface area contributed by atoms with E-state index >= 15 is 0 Å². The van der Waals surface area contributed by atoms with Gasteiger partial charge in [0.15, 0.2) is 5.65 Å². The van der Waals surface area contributed by atoms with E-state index < -0.39 is 0 Å². The van der Waals surface area contributed by atoms with Crippen molar-refractivity contribution in [2.45, 2.75) is 13.3 Å². The van der Waals surface area contributed by atoms with Gasteiger partial charge in [0.05, 0.1) is 6.20 Å². The van der Waals surface area contributed by atoms with Gasteiger partial charge in [-0.1, -0.05) is 39.7 Å². The van der Waals surface area contributed by atoms with E-state index in [4.69, 9.17) is 11.6 Å². The Morgan fingerprint density at radius 3 is 2.96 bits per heavy atom. The molecule has 1 atom stereocenters. The fourth-order valence-electron chi connectivity index (χ4n) is 2.49. The van der Waals surface area contributed by atoms with Crippen LogP contribution in [0, 0.1) is 12.8 Å². The molecule has 3 rings (SSSR count). The second kappa shape index (κ2) is 7.51. The fourth-order valence-corrected chi connectivity index (χ4v) is 3.09. The van der Waals surface area contributed by atoms with Gasteiger partial charge in [0.2, 0.25) is 0 Å². The molecule has 0 aliphatic carbocycles. The van der Waals surface area contributed by atoms with Crippen LogP contribution in [0.3, 0.4) is 0 Å². The zero-order valence-electron chi connectivity index (χ0n) is 13.2. The second-order valence-electron chi connectivity index (χ2n) is 5.79. The first-order chi connectivity index (χ1) is 11.6. The van der Waals surface area contributed by atoms with E-state index in [-0.39, 0.29) is 12.5 Å². The Hall–Kier alpha value is -1.63. The maximum atomic E-state index is 9.66. The third kappa shape index (κ3) is 3.88. The van der Waals surface area contributed by atoms with Crippen LogP contribution in [0.4, 0.5) is 5.82 Å². The number of hydrogen-bond donors (Lipinski definition) is 2. The van der Waals surface area contributed by atoms with E-state index in [2.05, 4.69) is 56.5 Å². The van der Waals surface area contributed by atoms with Crippen molar-refractivity contribution < 1.29 is 5.11 Å². The molecule has 0 saturated heterocycles. The summed E-state index contributed by atoms with van der Waals surface area (Å²) in [4.78, 5) is 4.44. The minimum atomic E-state index is 0.0954. The summed E-state index contributed by atoms with van der Waals surface area (Å²) in [5.74, 6) is 0.812. The van der Waals surface area contributed by atoms with Gasteiger partial charge in [-0.05, 0) is 36.6 Å². The molecule has 7 heteroatoms. The quantitative estimate of drug-likeness (QED) is 0.651. The van der Waals surface area contributed by atoms with Gasteiger partial charge in [-0.15, -0.1) is 0 Å². The van der Waals surface area contributed by atoms with Crippen LogP contribution in [-0.4, -0.2) is 32.9 Å². The molecule has 126 valence electrons. The zero-order valence-corrected chi connectivity index (χ0v) is 15.5. The molecule has 0 spiro atoms. The highest BCUT2D eigenvalue weighted by Gasteiger charge is 2.11. The molecule has 2 aromatic heterocycles.